The average Bonchev–Trinajstić information content (AvgIpc) is 2.34. The van der Waals surface area contributed by atoms with Gasteiger partial charge in [0.1, 0.15) is 11.6 Å². The van der Waals surface area contributed by atoms with Crippen LogP contribution in [0.25, 0.3) is 0 Å². The van der Waals surface area contributed by atoms with E-state index in [0.717, 1.165) is 19.2 Å². The van der Waals surface area contributed by atoms with Crippen LogP contribution < -0.4 is 0 Å². The molecule has 1 aromatic carbocycles. The van der Waals surface area contributed by atoms with Gasteiger partial charge in [0.25, 0.3) is 0 Å². The normalized spacial score (nSPS) is 12.9. The molecule has 0 aliphatic carbocycles. The lowest BCUT2D eigenvalue weighted by Gasteiger charge is -2.28. The fraction of sp³-hybridized carbons (Fsp3) is 0.571. The fourth-order valence-corrected chi connectivity index (χ4v) is 2.00. The van der Waals surface area contributed by atoms with E-state index in [1.165, 1.54) is 6.07 Å². The number of ether oxygens (including phenoxy) is 1. The van der Waals surface area contributed by atoms with E-state index in [4.69, 9.17) is 4.74 Å². The van der Waals surface area contributed by atoms with E-state index in [9.17, 15) is 9.50 Å². The maximum Gasteiger partial charge on any atom is 0.131 e. The Morgan fingerprint density at radius 1 is 1.39 bits per heavy atom. The third-order valence-corrected chi connectivity index (χ3v) is 3.11. The first-order valence-electron chi connectivity index (χ1n) is 6.40. The Kier molecular flexibility index (Phi) is 6.09. The largest absolute Gasteiger partial charge is 0.508 e. The van der Waals surface area contributed by atoms with Gasteiger partial charge in [0.05, 0.1) is 6.61 Å². The van der Waals surface area contributed by atoms with Gasteiger partial charge in [-0.25, -0.2) is 4.39 Å². The van der Waals surface area contributed by atoms with Crippen LogP contribution in [0.4, 0.5) is 4.39 Å². The maximum absolute atomic E-state index is 13.8. The lowest BCUT2D eigenvalue weighted by Crippen LogP contribution is -2.30. The Balaban J connectivity index is 2.73. The number of halogens is 1. The Morgan fingerprint density at radius 2 is 2.11 bits per heavy atom. The fourth-order valence-electron chi connectivity index (χ4n) is 2.00. The number of phenolic OH excluding ortho intramolecular Hbond substituents is 1. The number of nitrogens with zero attached hydrogens (tertiary/aromatic N) is 1. The molecule has 0 aliphatic heterocycles. The van der Waals surface area contributed by atoms with Gasteiger partial charge in [0, 0.05) is 30.8 Å². The van der Waals surface area contributed by atoms with Gasteiger partial charge in [-0.1, -0.05) is 13.0 Å². The van der Waals surface area contributed by atoms with Crippen LogP contribution in [0, 0.1) is 5.82 Å². The first kappa shape index (κ1) is 14.9. The van der Waals surface area contributed by atoms with Crippen LogP contribution in [0.2, 0.25) is 0 Å². The molecule has 0 fully saturated rings. The molecular formula is C14H22FNO2. The summed E-state index contributed by atoms with van der Waals surface area (Å²) >= 11 is 0. The van der Waals surface area contributed by atoms with E-state index < -0.39 is 0 Å². The predicted octanol–water partition coefficient (Wildman–Crippen LogP) is 2.95. The molecular weight excluding hydrogens is 233 g/mol. The number of hydrogen-bond acceptors (Lipinski definition) is 3. The molecule has 0 aliphatic rings. The summed E-state index contributed by atoms with van der Waals surface area (Å²) in [5.74, 6) is -0.404. The second-order valence-corrected chi connectivity index (χ2v) is 4.21. The smallest absolute Gasteiger partial charge is 0.131 e. The van der Waals surface area contributed by atoms with Crippen molar-refractivity contribution in [2.24, 2.45) is 0 Å². The number of aromatic hydroxyl groups is 1. The van der Waals surface area contributed by atoms with Gasteiger partial charge in [0.2, 0.25) is 0 Å². The van der Waals surface area contributed by atoms with E-state index in [-0.39, 0.29) is 17.6 Å². The van der Waals surface area contributed by atoms with E-state index >= 15 is 0 Å². The summed E-state index contributed by atoms with van der Waals surface area (Å²) in [4.78, 5) is 2.14. The zero-order valence-corrected chi connectivity index (χ0v) is 11.3. The van der Waals surface area contributed by atoms with Crippen molar-refractivity contribution in [3.8, 4) is 5.75 Å². The van der Waals surface area contributed by atoms with Gasteiger partial charge in [0.15, 0.2) is 0 Å². The monoisotopic (exact) mass is 255 g/mol. The minimum Gasteiger partial charge on any atom is -0.508 e. The Morgan fingerprint density at radius 3 is 2.67 bits per heavy atom. The molecule has 0 spiro atoms. The van der Waals surface area contributed by atoms with Gasteiger partial charge in [-0.15, -0.1) is 0 Å². The minimum atomic E-state index is -0.364. The molecule has 0 aromatic heterocycles. The van der Waals surface area contributed by atoms with Crippen LogP contribution in [0.15, 0.2) is 18.2 Å². The van der Waals surface area contributed by atoms with Crippen molar-refractivity contribution in [3.05, 3.63) is 29.6 Å². The first-order chi connectivity index (χ1) is 8.60. The van der Waals surface area contributed by atoms with Crippen LogP contribution >= 0.6 is 0 Å². The van der Waals surface area contributed by atoms with Crippen molar-refractivity contribution < 1.29 is 14.2 Å². The Hall–Kier alpha value is -1.13. The molecule has 1 N–H and O–H groups in total. The molecule has 18 heavy (non-hydrogen) atoms. The van der Waals surface area contributed by atoms with Crippen LogP contribution in [-0.2, 0) is 4.74 Å². The quantitative estimate of drug-likeness (QED) is 0.760. The lowest BCUT2D eigenvalue weighted by molar-refractivity contribution is 0.0994. The summed E-state index contributed by atoms with van der Waals surface area (Å²) in [6.45, 7) is 8.90. The van der Waals surface area contributed by atoms with E-state index in [1.54, 1.807) is 6.07 Å². The molecule has 1 aromatic rings. The van der Waals surface area contributed by atoms with Crippen molar-refractivity contribution in [1.82, 2.24) is 4.90 Å². The molecule has 0 radical (unpaired) electrons. The Bertz CT molecular complexity index is 371. The lowest BCUT2D eigenvalue weighted by atomic mass is 10.1. The van der Waals surface area contributed by atoms with Gasteiger partial charge >= 0.3 is 0 Å². The third-order valence-electron chi connectivity index (χ3n) is 3.11. The van der Waals surface area contributed by atoms with Crippen molar-refractivity contribution in [1.29, 1.82) is 0 Å². The van der Waals surface area contributed by atoms with Crippen LogP contribution in [-0.4, -0.2) is 36.3 Å². The topological polar surface area (TPSA) is 32.7 Å². The number of phenols is 1. The SMILES string of the molecule is CCOCCN(CC)C(C)c1ccc(O)cc1F. The average molecular weight is 255 g/mol. The van der Waals surface area contributed by atoms with E-state index in [1.807, 2.05) is 20.8 Å². The minimum absolute atomic E-state index is 0.0314. The van der Waals surface area contributed by atoms with Crippen LogP contribution in [0.1, 0.15) is 32.4 Å². The zero-order chi connectivity index (χ0) is 13.5. The summed E-state index contributed by atoms with van der Waals surface area (Å²) in [6.07, 6.45) is 0. The molecule has 1 atom stereocenters. The van der Waals surface area contributed by atoms with Crippen molar-refractivity contribution in [3.63, 3.8) is 0 Å². The highest BCUT2D eigenvalue weighted by Gasteiger charge is 2.17. The number of rotatable bonds is 7. The molecule has 0 amide bonds. The number of benzene rings is 1. The van der Waals surface area contributed by atoms with Gasteiger partial charge in [-0.05, 0) is 26.5 Å². The summed E-state index contributed by atoms with van der Waals surface area (Å²) < 4.78 is 19.1. The second-order valence-electron chi connectivity index (χ2n) is 4.21. The highest BCUT2D eigenvalue weighted by Crippen LogP contribution is 2.25. The number of hydrogen-bond donors (Lipinski definition) is 1. The zero-order valence-electron chi connectivity index (χ0n) is 11.3. The van der Waals surface area contributed by atoms with Gasteiger partial charge in [-0.2, -0.15) is 0 Å². The third kappa shape index (κ3) is 3.96. The summed E-state index contributed by atoms with van der Waals surface area (Å²) in [6, 6.07) is 4.28. The highest BCUT2D eigenvalue weighted by atomic mass is 19.1. The number of likely N-dealkylation sites (N-methyl/N-ethyl adjacent to an activating group) is 1. The first-order valence-corrected chi connectivity index (χ1v) is 6.40. The highest BCUT2D eigenvalue weighted by molar-refractivity contribution is 5.29. The molecule has 4 heteroatoms. The van der Waals surface area contributed by atoms with Crippen molar-refractivity contribution in [2.75, 3.05) is 26.3 Å². The van der Waals surface area contributed by atoms with Crippen molar-refractivity contribution in [2.45, 2.75) is 26.8 Å². The molecule has 0 saturated heterocycles. The summed E-state index contributed by atoms with van der Waals surface area (Å²) in [5.41, 5.74) is 0.603. The molecule has 102 valence electrons. The molecule has 0 bridgehead atoms. The van der Waals surface area contributed by atoms with E-state index in [0.29, 0.717) is 18.8 Å². The summed E-state index contributed by atoms with van der Waals surface area (Å²) in [7, 11) is 0. The maximum atomic E-state index is 13.8. The summed E-state index contributed by atoms with van der Waals surface area (Å²) in [5, 5.41) is 9.21. The molecule has 3 nitrogen and oxygen atoms in total. The standard InChI is InChI=1S/C14H22FNO2/c1-4-16(8-9-18-5-2)11(3)13-7-6-12(17)10-14(13)15/h6-7,10-11,17H,4-5,8-9H2,1-3H3. The molecule has 1 rings (SSSR count). The van der Waals surface area contributed by atoms with E-state index in [2.05, 4.69) is 4.90 Å². The molecule has 0 saturated carbocycles. The van der Waals surface area contributed by atoms with Crippen LogP contribution in [0.5, 0.6) is 5.75 Å². The Labute approximate surface area is 108 Å². The molecule has 0 heterocycles. The second kappa shape index (κ2) is 7.34. The van der Waals surface area contributed by atoms with Gasteiger partial charge < -0.3 is 9.84 Å². The van der Waals surface area contributed by atoms with Gasteiger partial charge in [-0.3, -0.25) is 4.90 Å². The predicted molar refractivity (Wildman–Crippen MR) is 70.2 cm³/mol. The van der Waals surface area contributed by atoms with Crippen LogP contribution in [0.3, 0.4) is 0 Å². The van der Waals surface area contributed by atoms with Crippen molar-refractivity contribution >= 4 is 0 Å². The molecule has 1 unspecified atom stereocenters.